The van der Waals surface area contributed by atoms with E-state index in [0.29, 0.717) is 59.0 Å². The summed E-state index contributed by atoms with van der Waals surface area (Å²) in [6.07, 6.45) is 2.72. The number of hydrogen-bond acceptors (Lipinski definition) is 7. The zero-order chi connectivity index (χ0) is 30.7. The molecule has 5 rings (SSSR count). The van der Waals surface area contributed by atoms with Crippen LogP contribution < -0.4 is 26.2 Å². The maximum atomic E-state index is 16.2. The van der Waals surface area contributed by atoms with Crippen LogP contribution in [-0.4, -0.2) is 46.3 Å². The van der Waals surface area contributed by atoms with Crippen molar-refractivity contribution in [2.24, 2.45) is 7.05 Å². The molecule has 2 amide bonds. The molecule has 0 radical (unpaired) electrons. The van der Waals surface area contributed by atoms with E-state index in [1.54, 1.807) is 43.3 Å². The molecular weight excluding hydrogens is 551 g/mol. The first-order valence-corrected chi connectivity index (χ1v) is 13.9. The van der Waals surface area contributed by atoms with Gasteiger partial charge in [0.15, 0.2) is 0 Å². The Hall–Kier alpha value is -4.90. The lowest BCUT2D eigenvalue weighted by molar-refractivity contribution is -0.119. The van der Waals surface area contributed by atoms with Crippen LogP contribution in [0.5, 0.6) is 5.88 Å². The van der Waals surface area contributed by atoms with E-state index in [1.165, 1.54) is 26.4 Å². The second kappa shape index (κ2) is 12.5. The Morgan fingerprint density at radius 1 is 1.12 bits per heavy atom. The first-order chi connectivity index (χ1) is 20.7. The number of methoxy groups -OCH3 is 1. The van der Waals surface area contributed by atoms with Gasteiger partial charge < -0.3 is 20.7 Å². The van der Waals surface area contributed by atoms with E-state index in [0.717, 1.165) is 22.2 Å². The minimum atomic E-state index is -0.577. The van der Waals surface area contributed by atoms with E-state index in [2.05, 4.69) is 26.0 Å². The summed E-state index contributed by atoms with van der Waals surface area (Å²) in [6, 6.07) is 13.6. The van der Waals surface area contributed by atoms with Gasteiger partial charge in [-0.25, -0.2) is 14.1 Å². The number of nitrogens with one attached hydrogen (secondary N) is 3. The van der Waals surface area contributed by atoms with Crippen LogP contribution in [0.2, 0.25) is 0 Å². The summed E-state index contributed by atoms with van der Waals surface area (Å²) < 4.78 is 22.9. The van der Waals surface area contributed by atoms with Crippen molar-refractivity contribution in [2.75, 3.05) is 19.0 Å². The second-order valence-corrected chi connectivity index (χ2v) is 10.5. The highest BCUT2D eigenvalue weighted by Gasteiger charge is 2.22. The van der Waals surface area contributed by atoms with Gasteiger partial charge >= 0.3 is 0 Å². The van der Waals surface area contributed by atoms with Crippen LogP contribution in [0.3, 0.4) is 0 Å². The fraction of sp³-hybridized carbons (Fsp3) is 0.281. The highest BCUT2D eigenvalue weighted by Crippen LogP contribution is 2.36. The quantitative estimate of drug-likeness (QED) is 0.272. The standard InChI is InChI=1S/C32H33FN6O4/c1-18-15-27(38-31(43-4)25(18)17-34-16-20-11-12-28(40)36-20)23-9-5-8-22(29(23)33)21-7-6-10-26(19(21)2)37-30(41)24-13-14-35-39(3)32(24)42/h5-10,13-15,20,34H,11-12,16-17H2,1-4H3,(H,36,40)(H,37,41). The summed E-state index contributed by atoms with van der Waals surface area (Å²) in [7, 11) is 3.00. The maximum absolute atomic E-state index is 16.2. The molecule has 0 aliphatic carbocycles. The van der Waals surface area contributed by atoms with Crippen LogP contribution in [0.25, 0.3) is 22.4 Å². The monoisotopic (exact) mass is 584 g/mol. The smallest absolute Gasteiger partial charge is 0.279 e. The Kier molecular flexibility index (Phi) is 8.63. The molecule has 3 heterocycles. The minimum Gasteiger partial charge on any atom is -0.481 e. The van der Waals surface area contributed by atoms with Gasteiger partial charge in [0.1, 0.15) is 11.4 Å². The number of amides is 2. The lowest BCUT2D eigenvalue weighted by Gasteiger charge is -2.17. The molecule has 1 atom stereocenters. The zero-order valence-corrected chi connectivity index (χ0v) is 24.5. The van der Waals surface area contributed by atoms with Crippen molar-refractivity contribution < 1.29 is 18.7 Å². The maximum Gasteiger partial charge on any atom is 0.279 e. The summed E-state index contributed by atoms with van der Waals surface area (Å²) in [5, 5.41) is 12.9. The minimum absolute atomic E-state index is 0.0465. The Morgan fingerprint density at radius 3 is 2.60 bits per heavy atom. The van der Waals surface area contributed by atoms with E-state index < -0.39 is 17.3 Å². The van der Waals surface area contributed by atoms with Crippen LogP contribution >= 0.6 is 0 Å². The first-order valence-electron chi connectivity index (χ1n) is 13.9. The van der Waals surface area contributed by atoms with Gasteiger partial charge in [-0.2, -0.15) is 5.10 Å². The SMILES string of the molecule is COc1nc(-c2cccc(-c3cccc(NC(=O)c4ccnn(C)c4=O)c3C)c2F)cc(C)c1CNCC1CCC(=O)N1. The van der Waals surface area contributed by atoms with Crippen LogP contribution in [0.4, 0.5) is 10.1 Å². The zero-order valence-electron chi connectivity index (χ0n) is 24.5. The third-order valence-electron chi connectivity index (χ3n) is 7.68. The lowest BCUT2D eigenvalue weighted by atomic mass is 9.95. The molecule has 2 aromatic heterocycles. The molecule has 10 nitrogen and oxygen atoms in total. The number of hydrogen-bond donors (Lipinski definition) is 3. The van der Waals surface area contributed by atoms with Crippen LogP contribution in [-0.2, 0) is 18.4 Å². The predicted molar refractivity (Wildman–Crippen MR) is 161 cm³/mol. The summed E-state index contributed by atoms with van der Waals surface area (Å²) in [5.74, 6) is -0.578. The molecule has 0 saturated carbocycles. The predicted octanol–water partition coefficient (Wildman–Crippen LogP) is 3.89. The average molecular weight is 585 g/mol. The second-order valence-electron chi connectivity index (χ2n) is 10.5. The molecule has 1 unspecified atom stereocenters. The third kappa shape index (κ3) is 6.17. The number of rotatable bonds is 9. The van der Waals surface area contributed by atoms with E-state index in [1.807, 2.05) is 13.0 Å². The third-order valence-corrected chi connectivity index (χ3v) is 7.68. The molecule has 0 bridgehead atoms. The first kappa shape index (κ1) is 29.6. The van der Waals surface area contributed by atoms with Gasteiger partial charge in [-0.1, -0.05) is 24.3 Å². The Balaban J connectivity index is 1.42. The van der Waals surface area contributed by atoms with Gasteiger partial charge in [0.25, 0.3) is 11.5 Å². The number of aromatic nitrogens is 3. The van der Waals surface area contributed by atoms with Crippen LogP contribution in [0.1, 0.15) is 39.9 Å². The molecule has 1 fully saturated rings. The lowest BCUT2D eigenvalue weighted by Crippen LogP contribution is -2.35. The number of aryl methyl sites for hydroxylation is 2. The van der Waals surface area contributed by atoms with E-state index in [9.17, 15) is 14.4 Å². The van der Waals surface area contributed by atoms with Gasteiger partial charge in [-0.05, 0) is 61.2 Å². The van der Waals surface area contributed by atoms with Gasteiger partial charge in [0.2, 0.25) is 11.8 Å². The molecule has 1 aliphatic heterocycles. The van der Waals surface area contributed by atoms with E-state index in [-0.39, 0.29) is 17.5 Å². The molecule has 1 saturated heterocycles. The van der Waals surface area contributed by atoms with Crippen molar-refractivity contribution in [1.29, 1.82) is 0 Å². The van der Waals surface area contributed by atoms with E-state index >= 15 is 4.39 Å². The molecule has 1 aliphatic rings. The fourth-order valence-corrected chi connectivity index (χ4v) is 5.26. The normalized spacial score (nSPS) is 14.4. The number of nitrogens with zero attached hydrogens (tertiary/aromatic N) is 3. The number of anilines is 1. The van der Waals surface area contributed by atoms with Gasteiger partial charge in [-0.3, -0.25) is 14.4 Å². The van der Waals surface area contributed by atoms with Gasteiger partial charge in [0.05, 0.1) is 12.8 Å². The Bertz CT molecular complexity index is 1770. The van der Waals surface area contributed by atoms with Crippen LogP contribution in [0, 0.1) is 19.7 Å². The molecule has 11 heteroatoms. The summed E-state index contributed by atoms with van der Waals surface area (Å²) in [4.78, 5) is 41.4. The van der Waals surface area contributed by atoms with Gasteiger partial charge in [0, 0.05) is 61.2 Å². The van der Waals surface area contributed by atoms with Crippen molar-refractivity contribution in [2.45, 2.75) is 39.3 Å². The van der Waals surface area contributed by atoms with Gasteiger partial charge in [-0.15, -0.1) is 0 Å². The molecule has 43 heavy (non-hydrogen) atoms. The highest BCUT2D eigenvalue weighted by molar-refractivity contribution is 6.04. The Morgan fingerprint density at radius 2 is 1.86 bits per heavy atom. The molecule has 0 spiro atoms. The van der Waals surface area contributed by atoms with Crippen molar-refractivity contribution in [3.63, 3.8) is 0 Å². The Labute approximate surface area is 248 Å². The fourth-order valence-electron chi connectivity index (χ4n) is 5.26. The highest BCUT2D eigenvalue weighted by atomic mass is 19.1. The number of pyridine rings is 1. The summed E-state index contributed by atoms with van der Waals surface area (Å²) >= 11 is 0. The molecule has 2 aromatic carbocycles. The number of carbonyl (C=O) groups is 2. The van der Waals surface area contributed by atoms with E-state index in [4.69, 9.17) is 4.74 Å². The van der Waals surface area contributed by atoms with Crippen molar-refractivity contribution in [1.82, 2.24) is 25.4 Å². The van der Waals surface area contributed by atoms with Crippen molar-refractivity contribution >= 4 is 17.5 Å². The summed E-state index contributed by atoms with van der Waals surface area (Å²) in [6.45, 7) is 4.83. The molecule has 222 valence electrons. The topological polar surface area (TPSA) is 127 Å². The number of halogens is 1. The number of benzene rings is 2. The average Bonchev–Trinajstić information content (AvgIpc) is 3.41. The van der Waals surface area contributed by atoms with Crippen molar-refractivity contribution in [3.05, 3.63) is 93.2 Å². The van der Waals surface area contributed by atoms with Crippen molar-refractivity contribution in [3.8, 4) is 28.3 Å². The number of carbonyl (C=O) groups excluding carboxylic acids is 2. The molecular formula is C32H33FN6O4. The number of ether oxygens (including phenoxy) is 1. The largest absolute Gasteiger partial charge is 0.481 e. The molecule has 4 aromatic rings. The summed E-state index contributed by atoms with van der Waals surface area (Å²) in [5.41, 5.74) is 3.93. The molecule has 3 N–H and O–H groups in total. The van der Waals surface area contributed by atoms with Crippen LogP contribution in [0.15, 0.2) is 59.5 Å².